The average Bonchev–Trinajstić information content (AvgIpc) is 3.05. The summed E-state index contributed by atoms with van der Waals surface area (Å²) in [6.45, 7) is 4.48. The van der Waals surface area contributed by atoms with Crippen molar-refractivity contribution in [3.8, 4) is 17.2 Å². The van der Waals surface area contributed by atoms with Crippen molar-refractivity contribution >= 4 is 10.8 Å². The predicted molar refractivity (Wildman–Crippen MR) is 102 cm³/mol. The second-order valence-electron chi connectivity index (χ2n) is 6.24. The molecular weight excluding hydrogens is 324 g/mol. The molecule has 130 valence electrons. The van der Waals surface area contributed by atoms with Crippen LogP contribution in [0.4, 0.5) is 0 Å². The number of rotatable bonds is 5. The van der Waals surface area contributed by atoms with Gasteiger partial charge >= 0.3 is 0 Å². The number of pyridine rings is 1. The summed E-state index contributed by atoms with van der Waals surface area (Å²) in [7, 11) is 0. The molecule has 0 atom stereocenters. The number of nitrogens with zero attached hydrogens (tertiary/aromatic N) is 2. The maximum Gasteiger partial charge on any atom is 0.226 e. The van der Waals surface area contributed by atoms with Crippen molar-refractivity contribution in [3.63, 3.8) is 0 Å². The Bertz CT molecular complexity index is 1040. The fraction of sp³-hybridized carbons (Fsp3) is 0.182. The standard InChI is InChI=1S/C22H20N2O2/c1-15-18-10-6-7-11-19(18)21(14-23-15)25-13-12-20-16(2)26-22(24-20)17-8-4-3-5-9-17/h3-11,14H,12-13H2,1-2H3. The van der Waals surface area contributed by atoms with Gasteiger partial charge in [-0.1, -0.05) is 42.5 Å². The first kappa shape index (κ1) is 16.3. The molecule has 2 heterocycles. The van der Waals surface area contributed by atoms with Crippen LogP contribution in [0.2, 0.25) is 0 Å². The number of oxazole rings is 1. The molecule has 4 heteroatoms. The van der Waals surface area contributed by atoms with Crippen molar-refractivity contribution in [2.24, 2.45) is 0 Å². The number of aromatic nitrogens is 2. The normalized spacial score (nSPS) is 11.0. The van der Waals surface area contributed by atoms with Crippen LogP contribution >= 0.6 is 0 Å². The van der Waals surface area contributed by atoms with E-state index in [9.17, 15) is 0 Å². The lowest BCUT2D eigenvalue weighted by Crippen LogP contribution is -2.04. The van der Waals surface area contributed by atoms with Gasteiger partial charge in [0.1, 0.15) is 11.5 Å². The van der Waals surface area contributed by atoms with Gasteiger partial charge in [-0.15, -0.1) is 0 Å². The molecule has 0 aliphatic carbocycles. The molecule has 4 rings (SSSR count). The van der Waals surface area contributed by atoms with Crippen molar-refractivity contribution in [3.05, 3.63) is 77.9 Å². The van der Waals surface area contributed by atoms with Crippen LogP contribution in [-0.2, 0) is 6.42 Å². The van der Waals surface area contributed by atoms with Crippen molar-refractivity contribution < 1.29 is 9.15 Å². The molecular formula is C22H20N2O2. The summed E-state index contributed by atoms with van der Waals surface area (Å²) < 4.78 is 11.8. The highest BCUT2D eigenvalue weighted by Gasteiger charge is 2.12. The molecule has 0 amide bonds. The van der Waals surface area contributed by atoms with E-state index in [4.69, 9.17) is 9.15 Å². The first-order valence-electron chi connectivity index (χ1n) is 8.71. The summed E-state index contributed by atoms with van der Waals surface area (Å²) in [5.41, 5.74) is 2.91. The Hall–Kier alpha value is -3.14. The number of aryl methyl sites for hydroxylation is 2. The van der Waals surface area contributed by atoms with Gasteiger partial charge in [0, 0.05) is 28.5 Å². The lowest BCUT2D eigenvalue weighted by atomic mass is 10.1. The molecule has 2 aromatic carbocycles. The Morgan fingerprint density at radius 2 is 1.65 bits per heavy atom. The molecule has 0 saturated heterocycles. The smallest absolute Gasteiger partial charge is 0.226 e. The topological polar surface area (TPSA) is 48.2 Å². The van der Waals surface area contributed by atoms with Crippen LogP contribution in [0.5, 0.6) is 5.75 Å². The van der Waals surface area contributed by atoms with Crippen LogP contribution in [0.25, 0.3) is 22.2 Å². The predicted octanol–water partition coefficient (Wildman–Crippen LogP) is 5.13. The summed E-state index contributed by atoms with van der Waals surface area (Å²) in [6.07, 6.45) is 2.48. The number of hydrogen-bond acceptors (Lipinski definition) is 4. The van der Waals surface area contributed by atoms with Crippen molar-refractivity contribution in [1.29, 1.82) is 0 Å². The quantitative estimate of drug-likeness (QED) is 0.504. The number of ether oxygens (including phenoxy) is 1. The Morgan fingerprint density at radius 3 is 2.46 bits per heavy atom. The van der Waals surface area contributed by atoms with Gasteiger partial charge < -0.3 is 9.15 Å². The van der Waals surface area contributed by atoms with E-state index in [-0.39, 0.29) is 0 Å². The van der Waals surface area contributed by atoms with Gasteiger partial charge in [-0.2, -0.15) is 0 Å². The molecule has 4 nitrogen and oxygen atoms in total. The first-order valence-corrected chi connectivity index (χ1v) is 8.71. The zero-order valence-corrected chi connectivity index (χ0v) is 14.9. The van der Waals surface area contributed by atoms with Crippen molar-refractivity contribution in [2.45, 2.75) is 20.3 Å². The molecule has 0 fully saturated rings. The zero-order chi connectivity index (χ0) is 17.9. The fourth-order valence-corrected chi connectivity index (χ4v) is 3.04. The van der Waals surface area contributed by atoms with Gasteiger partial charge in [-0.05, 0) is 26.0 Å². The minimum absolute atomic E-state index is 0.524. The van der Waals surface area contributed by atoms with E-state index in [1.165, 1.54) is 0 Å². The van der Waals surface area contributed by atoms with E-state index in [0.29, 0.717) is 18.9 Å². The van der Waals surface area contributed by atoms with Gasteiger partial charge in [0.15, 0.2) is 0 Å². The molecule has 0 bridgehead atoms. The lowest BCUT2D eigenvalue weighted by Gasteiger charge is -2.09. The maximum absolute atomic E-state index is 6.00. The van der Waals surface area contributed by atoms with Crippen LogP contribution < -0.4 is 4.74 Å². The highest BCUT2D eigenvalue weighted by molar-refractivity contribution is 5.89. The molecule has 0 N–H and O–H groups in total. The fourth-order valence-electron chi connectivity index (χ4n) is 3.04. The van der Waals surface area contributed by atoms with Gasteiger partial charge in [0.05, 0.1) is 18.5 Å². The SMILES string of the molecule is Cc1oc(-c2ccccc2)nc1CCOc1cnc(C)c2ccccc12. The monoisotopic (exact) mass is 344 g/mol. The van der Waals surface area contributed by atoms with E-state index in [1.807, 2.05) is 56.3 Å². The molecule has 26 heavy (non-hydrogen) atoms. The number of hydrogen-bond donors (Lipinski definition) is 0. The van der Waals surface area contributed by atoms with E-state index >= 15 is 0 Å². The Balaban J connectivity index is 1.49. The number of fused-ring (bicyclic) bond motifs is 1. The minimum atomic E-state index is 0.524. The highest BCUT2D eigenvalue weighted by atomic mass is 16.5. The van der Waals surface area contributed by atoms with Crippen LogP contribution in [0.1, 0.15) is 17.1 Å². The Morgan fingerprint density at radius 1 is 0.923 bits per heavy atom. The van der Waals surface area contributed by atoms with Crippen LogP contribution in [0.3, 0.4) is 0 Å². The van der Waals surface area contributed by atoms with Gasteiger partial charge in [-0.25, -0.2) is 4.98 Å². The molecule has 2 aromatic heterocycles. The third kappa shape index (κ3) is 3.18. The maximum atomic E-state index is 6.00. The molecule has 0 saturated carbocycles. The minimum Gasteiger partial charge on any atom is -0.491 e. The average molecular weight is 344 g/mol. The summed E-state index contributed by atoms with van der Waals surface area (Å²) in [6, 6.07) is 18.1. The molecule has 4 aromatic rings. The first-order chi connectivity index (χ1) is 12.7. The summed E-state index contributed by atoms with van der Waals surface area (Å²) in [5, 5.41) is 2.20. The van der Waals surface area contributed by atoms with Crippen molar-refractivity contribution in [1.82, 2.24) is 9.97 Å². The Kier molecular flexibility index (Phi) is 4.40. The van der Waals surface area contributed by atoms with E-state index in [1.54, 1.807) is 6.20 Å². The van der Waals surface area contributed by atoms with Crippen LogP contribution in [0, 0.1) is 13.8 Å². The Labute approximate surface area is 152 Å². The largest absolute Gasteiger partial charge is 0.491 e. The van der Waals surface area contributed by atoms with Gasteiger partial charge in [0.2, 0.25) is 5.89 Å². The third-order valence-corrected chi connectivity index (χ3v) is 4.47. The number of benzene rings is 2. The van der Waals surface area contributed by atoms with Crippen LogP contribution in [0.15, 0.2) is 65.2 Å². The summed E-state index contributed by atoms with van der Waals surface area (Å²) in [4.78, 5) is 9.06. The second kappa shape index (κ2) is 7.00. The zero-order valence-electron chi connectivity index (χ0n) is 14.9. The van der Waals surface area contributed by atoms with E-state index < -0.39 is 0 Å². The van der Waals surface area contributed by atoms with E-state index in [2.05, 4.69) is 22.1 Å². The molecule has 0 aliphatic heterocycles. The van der Waals surface area contributed by atoms with Gasteiger partial charge in [0.25, 0.3) is 0 Å². The molecule has 0 spiro atoms. The summed E-state index contributed by atoms with van der Waals surface area (Å²) in [5.74, 6) is 2.29. The molecule has 0 unspecified atom stereocenters. The second-order valence-corrected chi connectivity index (χ2v) is 6.24. The molecule has 0 aliphatic rings. The van der Waals surface area contributed by atoms with Crippen LogP contribution in [-0.4, -0.2) is 16.6 Å². The molecule has 0 radical (unpaired) electrons. The van der Waals surface area contributed by atoms with Gasteiger partial charge in [-0.3, -0.25) is 4.98 Å². The highest BCUT2D eigenvalue weighted by Crippen LogP contribution is 2.27. The summed E-state index contributed by atoms with van der Waals surface area (Å²) >= 11 is 0. The third-order valence-electron chi connectivity index (χ3n) is 4.47. The van der Waals surface area contributed by atoms with E-state index in [0.717, 1.165) is 39.2 Å². The lowest BCUT2D eigenvalue weighted by molar-refractivity contribution is 0.322. The van der Waals surface area contributed by atoms with Crippen molar-refractivity contribution in [2.75, 3.05) is 6.61 Å².